The molecule has 1 heteroatoms. The van der Waals surface area contributed by atoms with Gasteiger partial charge in [0, 0.05) is 5.92 Å². The highest BCUT2D eigenvalue weighted by Crippen LogP contribution is 2.42. The molecule has 0 N–H and O–H groups in total. The molecule has 0 aliphatic carbocycles. The highest BCUT2D eigenvalue weighted by Gasteiger charge is 2.34. The Hall–Kier alpha value is -0.823. The summed E-state index contributed by atoms with van der Waals surface area (Å²) in [6, 6.07) is 10.8. The minimum absolute atomic E-state index is 0.235. The molecule has 94 valence electrons. The highest BCUT2D eigenvalue weighted by molar-refractivity contribution is 6.83. The molecule has 0 amide bonds. The lowest BCUT2D eigenvalue weighted by atomic mass is 9.76. The second kappa shape index (κ2) is 4.81. The van der Waals surface area contributed by atoms with Crippen molar-refractivity contribution in [1.29, 1.82) is 0 Å². The lowest BCUT2D eigenvalue weighted by Gasteiger charge is -2.38. The summed E-state index contributed by atoms with van der Waals surface area (Å²) in [5.74, 6) is 0.468. The maximum absolute atomic E-state index is 4.43. The summed E-state index contributed by atoms with van der Waals surface area (Å²) in [4.78, 5) is 0. The van der Waals surface area contributed by atoms with Crippen molar-refractivity contribution in [2.45, 2.75) is 46.3 Å². The molecule has 0 fully saturated rings. The van der Waals surface area contributed by atoms with Gasteiger partial charge >= 0.3 is 0 Å². The zero-order valence-corrected chi connectivity index (χ0v) is 13.2. The SMILES string of the molecule is C=C(C(c1ccccc1)C(C)(C)C)[Si](C)(C)C. The third-order valence-corrected chi connectivity index (χ3v) is 5.53. The number of rotatable bonds is 3. The fourth-order valence-electron chi connectivity index (χ4n) is 2.30. The van der Waals surface area contributed by atoms with Crippen LogP contribution >= 0.6 is 0 Å². The molecule has 0 heterocycles. The van der Waals surface area contributed by atoms with E-state index in [0.29, 0.717) is 5.92 Å². The second-order valence-corrected chi connectivity index (χ2v) is 12.1. The van der Waals surface area contributed by atoms with E-state index >= 15 is 0 Å². The summed E-state index contributed by atoms with van der Waals surface area (Å²) in [7, 11) is -1.31. The summed E-state index contributed by atoms with van der Waals surface area (Å²) in [5.41, 5.74) is 1.64. The van der Waals surface area contributed by atoms with Gasteiger partial charge in [-0.1, -0.05) is 75.9 Å². The molecule has 0 aliphatic heterocycles. The van der Waals surface area contributed by atoms with Gasteiger partial charge in [0.1, 0.15) is 0 Å². The third-order valence-electron chi connectivity index (χ3n) is 3.31. The summed E-state index contributed by atoms with van der Waals surface area (Å²) in [5, 5.41) is 1.45. The van der Waals surface area contributed by atoms with E-state index in [9.17, 15) is 0 Å². The van der Waals surface area contributed by atoms with E-state index in [1.165, 1.54) is 10.8 Å². The van der Waals surface area contributed by atoms with Gasteiger partial charge in [0.05, 0.1) is 8.07 Å². The van der Waals surface area contributed by atoms with E-state index in [1.807, 2.05) is 0 Å². The number of hydrogen-bond donors (Lipinski definition) is 0. The van der Waals surface area contributed by atoms with Gasteiger partial charge in [0.15, 0.2) is 0 Å². The zero-order valence-electron chi connectivity index (χ0n) is 12.2. The summed E-state index contributed by atoms with van der Waals surface area (Å²) in [6.45, 7) is 18.5. The van der Waals surface area contributed by atoms with E-state index in [-0.39, 0.29) is 5.41 Å². The Labute approximate surface area is 108 Å². The molecule has 0 spiro atoms. The molecular formula is C16H26Si. The van der Waals surface area contributed by atoms with Gasteiger partial charge in [0.2, 0.25) is 0 Å². The molecule has 0 saturated heterocycles. The smallest absolute Gasteiger partial charge is 0.0725 e. The minimum atomic E-state index is -1.31. The molecule has 1 aromatic rings. The molecule has 0 aromatic heterocycles. The average molecular weight is 246 g/mol. The normalized spacial score (nSPS) is 14.5. The van der Waals surface area contributed by atoms with Crippen molar-refractivity contribution in [2.75, 3.05) is 0 Å². The minimum Gasteiger partial charge on any atom is -0.103 e. The zero-order chi connectivity index (χ0) is 13.3. The largest absolute Gasteiger partial charge is 0.103 e. The lowest BCUT2D eigenvalue weighted by molar-refractivity contribution is 0.361. The van der Waals surface area contributed by atoms with Crippen molar-refractivity contribution >= 4 is 8.07 Å². The maximum Gasteiger partial charge on any atom is 0.0725 e. The van der Waals surface area contributed by atoms with Crippen molar-refractivity contribution in [1.82, 2.24) is 0 Å². The quantitative estimate of drug-likeness (QED) is 0.639. The molecule has 1 unspecified atom stereocenters. The Morgan fingerprint density at radius 3 is 1.88 bits per heavy atom. The Bertz CT molecular complexity index is 376. The Morgan fingerprint density at radius 1 is 1.06 bits per heavy atom. The fourth-order valence-corrected chi connectivity index (χ4v) is 3.77. The first-order valence-electron chi connectivity index (χ1n) is 6.38. The topological polar surface area (TPSA) is 0 Å². The Balaban J connectivity index is 3.20. The lowest BCUT2D eigenvalue weighted by Crippen LogP contribution is -2.33. The van der Waals surface area contributed by atoms with Gasteiger partial charge in [-0.25, -0.2) is 0 Å². The van der Waals surface area contributed by atoms with E-state index in [0.717, 1.165) is 0 Å². The van der Waals surface area contributed by atoms with Crippen molar-refractivity contribution < 1.29 is 0 Å². The molecule has 0 saturated carbocycles. The second-order valence-electron chi connectivity index (χ2n) is 6.98. The summed E-state index contributed by atoms with van der Waals surface area (Å²) < 4.78 is 0. The van der Waals surface area contributed by atoms with Crippen LogP contribution < -0.4 is 0 Å². The molecule has 0 bridgehead atoms. The fraction of sp³-hybridized carbons (Fsp3) is 0.500. The van der Waals surface area contributed by atoms with Crippen LogP contribution in [0.2, 0.25) is 19.6 Å². The van der Waals surface area contributed by atoms with Gasteiger partial charge in [-0.15, -0.1) is 6.58 Å². The van der Waals surface area contributed by atoms with Crippen LogP contribution in [0.3, 0.4) is 0 Å². The maximum atomic E-state index is 4.43. The van der Waals surface area contributed by atoms with Crippen molar-refractivity contribution in [2.24, 2.45) is 5.41 Å². The van der Waals surface area contributed by atoms with Gasteiger partial charge in [0.25, 0.3) is 0 Å². The Morgan fingerprint density at radius 2 is 1.53 bits per heavy atom. The first kappa shape index (κ1) is 14.2. The number of benzene rings is 1. The van der Waals surface area contributed by atoms with Crippen LogP contribution in [0.5, 0.6) is 0 Å². The first-order chi connectivity index (χ1) is 7.64. The highest BCUT2D eigenvalue weighted by atomic mass is 28.3. The van der Waals surface area contributed by atoms with E-state index in [1.54, 1.807) is 0 Å². The van der Waals surface area contributed by atoms with Crippen LogP contribution in [0.25, 0.3) is 0 Å². The summed E-state index contributed by atoms with van der Waals surface area (Å²) >= 11 is 0. The summed E-state index contributed by atoms with van der Waals surface area (Å²) in [6.07, 6.45) is 0. The molecule has 0 radical (unpaired) electrons. The van der Waals surface area contributed by atoms with E-state index in [4.69, 9.17) is 0 Å². The molecular weight excluding hydrogens is 220 g/mol. The molecule has 0 nitrogen and oxygen atoms in total. The van der Waals surface area contributed by atoms with E-state index < -0.39 is 8.07 Å². The van der Waals surface area contributed by atoms with Gasteiger partial charge in [-0.2, -0.15) is 0 Å². The predicted molar refractivity (Wildman–Crippen MR) is 81.1 cm³/mol. The van der Waals surface area contributed by atoms with Crippen LogP contribution in [0.15, 0.2) is 42.1 Å². The first-order valence-corrected chi connectivity index (χ1v) is 9.88. The van der Waals surface area contributed by atoms with Crippen LogP contribution in [-0.4, -0.2) is 8.07 Å². The molecule has 17 heavy (non-hydrogen) atoms. The molecule has 1 atom stereocenters. The van der Waals surface area contributed by atoms with Gasteiger partial charge in [-0.3, -0.25) is 0 Å². The van der Waals surface area contributed by atoms with Gasteiger partial charge in [-0.05, 0) is 11.0 Å². The predicted octanol–water partition coefficient (Wildman–Crippen LogP) is 5.25. The van der Waals surface area contributed by atoms with Crippen LogP contribution in [0.4, 0.5) is 0 Å². The average Bonchev–Trinajstić information content (AvgIpc) is 2.15. The number of allylic oxidation sites excluding steroid dienone is 1. The molecule has 0 aliphatic rings. The van der Waals surface area contributed by atoms with E-state index in [2.05, 4.69) is 77.3 Å². The van der Waals surface area contributed by atoms with Gasteiger partial charge < -0.3 is 0 Å². The van der Waals surface area contributed by atoms with Crippen LogP contribution in [-0.2, 0) is 0 Å². The van der Waals surface area contributed by atoms with Crippen molar-refractivity contribution in [3.05, 3.63) is 47.7 Å². The monoisotopic (exact) mass is 246 g/mol. The third kappa shape index (κ3) is 3.57. The number of hydrogen-bond acceptors (Lipinski definition) is 0. The molecule has 1 aromatic carbocycles. The van der Waals surface area contributed by atoms with Crippen molar-refractivity contribution in [3.8, 4) is 0 Å². The Kier molecular flexibility index (Phi) is 4.03. The van der Waals surface area contributed by atoms with Crippen LogP contribution in [0.1, 0.15) is 32.3 Å². The van der Waals surface area contributed by atoms with Crippen LogP contribution in [0, 0.1) is 5.41 Å². The standard InChI is InChI=1S/C16H26Si/c1-13(17(5,6)7)15(16(2,3)4)14-11-9-8-10-12-14/h8-12,15H,1H2,2-7H3. The van der Waals surface area contributed by atoms with Crippen molar-refractivity contribution in [3.63, 3.8) is 0 Å². The molecule has 1 rings (SSSR count).